The second kappa shape index (κ2) is 8.72. The zero-order chi connectivity index (χ0) is 20.1. The maximum Gasteiger partial charge on any atom is 0.243 e. The molecular weight excluding hydrogens is 378 g/mol. The molecule has 1 amide bonds. The summed E-state index contributed by atoms with van der Waals surface area (Å²) in [7, 11) is -3.57. The van der Waals surface area contributed by atoms with Crippen molar-refractivity contribution in [2.45, 2.75) is 18.7 Å². The SMILES string of the molecule is Cc1cccc(C)c1NC(=O)CNc1cccc(S(=O)(=O)N2CCOCC2)c1. The molecular formula is C20H25N3O4S. The number of anilines is 2. The lowest BCUT2D eigenvalue weighted by molar-refractivity contribution is -0.114. The van der Waals surface area contributed by atoms with E-state index in [9.17, 15) is 13.2 Å². The summed E-state index contributed by atoms with van der Waals surface area (Å²) < 4.78 is 32.2. The lowest BCUT2D eigenvalue weighted by Gasteiger charge is -2.26. The average molecular weight is 404 g/mol. The molecule has 7 nitrogen and oxygen atoms in total. The van der Waals surface area contributed by atoms with Gasteiger partial charge in [-0.1, -0.05) is 24.3 Å². The van der Waals surface area contributed by atoms with Crippen molar-refractivity contribution in [3.63, 3.8) is 0 Å². The predicted octanol–water partition coefficient (Wildman–Crippen LogP) is 2.37. The van der Waals surface area contributed by atoms with Crippen molar-refractivity contribution in [3.8, 4) is 0 Å². The third-order valence-corrected chi connectivity index (χ3v) is 6.54. The fraction of sp³-hybridized carbons (Fsp3) is 0.350. The van der Waals surface area contributed by atoms with Gasteiger partial charge in [-0.2, -0.15) is 4.31 Å². The van der Waals surface area contributed by atoms with Gasteiger partial charge in [-0.15, -0.1) is 0 Å². The molecule has 0 bridgehead atoms. The van der Waals surface area contributed by atoms with Gasteiger partial charge >= 0.3 is 0 Å². The summed E-state index contributed by atoms with van der Waals surface area (Å²) in [5.74, 6) is -0.196. The second-order valence-corrected chi connectivity index (χ2v) is 8.65. The highest BCUT2D eigenvalue weighted by Crippen LogP contribution is 2.21. The standard InChI is InChI=1S/C20H25N3O4S/c1-15-5-3-6-16(2)20(15)22-19(24)14-21-17-7-4-8-18(13-17)28(25,26)23-9-11-27-12-10-23/h3-8,13,21H,9-12,14H2,1-2H3,(H,22,24). The van der Waals surface area contributed by atoms with E-state index in [0.717, 1.165) is 16.8 Å². The van der Waals surface area contributed by atoms with E-state index in [1.807, 2.05) is 32.0 Å². The Bertz CT molecular complexity index is 933. The van der Waals surface area contributed by atoms with Crippen LogP contribution in [0.2, 0.25) is 0 Å². The lowest BCUT2D eigenvalue weighted by atomic mass is 10.1. The van der Waals surface area contributed by atoms with E-state index in [0.29, 0.717) is 32.0 Å². The normalized spacial score (nSPS) is 15.2. The molecule has 1 fully saturated rings. The van der Waals surface area contributed by atoms with E-state index >= 15 is 0 Å². The van der Waals surface area contributed by atoms with Gasteiger partial charge in [-0.25, -0.2) is 8.42 Å². The number of carbonyl (C=O) groups is 1. The number of ether oxygens (including phenoxy) is 1. The van der Waals surface area contributed by atoms with Gasteiger partial charge in [0.15, 0.2) is 0 Å². The molecule has 28 heavy (non-hydrogen) atoms. The maximum absolute atomic E-state index is 12.8. The van der Waals surface area contributed by atoms with E-state index in [4.69, 9.17) is 4.74 Å². The van der Waals surface area contributed by atoms with Crippen LogP contribution in [0, 0.1) is 13.8 Å². The molecule has 3 rings (SSSR count). The van der Waals surface area contributed by atoms with E-state index in [1.54, 1.807) is 24.3 Å². The van der Waals surface area contributed by atoms with Crippen LogP contribution in [0.5, 0.6) is 0 Å². The molecule has 1 saturated heterocycles. The number of hydrogen-bond donors (Lipinski definition) is 2. The Morgan fingerprint density at radius 3 is 2.39 bits per heavy atom. The zero-order valence-electron chi connectivity index (χ0n) is 16.1. The van der Waals surface area contributed by atoms with Crippen LogP contribution in [0.1, 0.15) is 11.1 Å². The number of nitrogens with one attached hydrogen (secondary N) is 2. The van der Waals surface area contributed by atoms with Crippen LogP contribution in [0.3, 0.4) is 0 Å². The summed E-state index contributed by atoms with van der Waals surface area (Å²) in [4.78, 5) is 12.5. The Kier molecular flexibility index (Phi) is 6.33. The fourth-order valence-corrected chi connectivity index (χ4v) is 4.53. The second-order valence-electron chi connectivity index (χ2n) is 6.71. The summed E-state index contributed by atoms with van der Waals surface area (Å²) in [6.45, 7) is 5.41. The molecule has 8 heteroatoms. The van der Waals surface area contributed by atoms with Crippen LogP contribution in [-0.4, -0.2) is 51.5 Å². The Labute approximate surface area is 165 Å². The van der Waals surface area contributed by atoms with Gasteiger partial charge in [0, 0.05) is 24.5 Å². The molecule has 0 radical (unpaired) electrons. The summed E-state index contributed by atoms with van der Waals surface area (Å²) >= 11 is 0. The third-order valence-electron chi connectivity index (χ3n) is 4.64. The highest BCUT2D eigenvalue weighted by molar-refractivity contribution is 7.89. The van der Waals surface area contributed by atoms with Crippen molar-refractivity contribution in [1.29, 1.82) is 0 Å². The summed E-state index contributed by atoms with van der Waals surface area (Å²) in [6, 6.07) is 12.3. The van der Waals surface area contributed by atoms with Crippen molar-refractivity contribution < 1.29 is 17.9 Å². The number of hydrogen-bond acceptors (Lipinski definition) is 5. The molecule has 0 saturated carbocycles. The molecule has 150 valence electrons. The molecule has 1 heterocycles. The van der Waals surface area contributed by atoms with Crippen LogP contribution in [0.25, 0.3) is 0 Å². The van der Waals surface area contributed by atoms with Crippen molar-refractivity contribution in [3.05, 3.63) is 53.6 Å². The molecule has 1 aliphatic heterocycles. The van der Waals surface area contributed by atoms with Gasteiger partial charge in [0.05, 0.1) is 24.7 Å². The molecule has 2 N–H and O–H groups in total. The van der Waals surface area contributed by atoms with E-state index in [1.165, 1.54) is 4.31 Å². The first kappa shape index (κ1) is 20.3. The van der Waals surface area contributed by atoms with Gasteiger partial charge in [0.1, 0.15) is 0 Å². The van der Waals surface area contributed by atoms with Crippen LogP contribution in [0.4, 0.5) is 11.4 Å². The van der Waals surface area contributed by atoms with Crippen molar-refractivity contribution in [1.82, 2.24) is 4.31 Å². The minimum absolute atomic E-state index is 0.0365. The smallest absolute Gasteiger partial charge is 0.243 e. The molecule has 0 aromatic heterocycles. The van der Waals surface area contributed by atoms with Gasteiger partial charge in [0.25, 0.3) is 0 Å². The van der Waals surface area contributed by atoms with Crippen molar-refractivity contribution in [2.24, 2.45) is 0 Å². The van der Waals surface area contributed by atoms with Crippen LogP contribution in [0.15, 0.2) is 47.4 Å². The first-order chi connectivity index (χ1) is 13.4. The van der Waals surface area contributed by atoms with Crippen molar-refractivity contribution >= 4 is 27.3 Å². The molecule has 1 aliphatic rings. The lowest BCUT2D eigenvalue weighted by Crippen LogP contribution is -2.40. The number of nitrogens with zero attached hydrogens (tertiary/aromatic N) is 1. The highest BCUT2D eigenvalue weighted by atomic mass is 32.2. The van der Waals surface area contributed by atoms with E-state index in [-0.39, 0.29) is 17.3 Å². The average Bonchev–Trinajstić information content (AvgIpc) is 2.70. The van der Waals surface area contributed by atoms with Crippen molar-refractivity contribution in [2.75, 3.05) is 43.5 Å². The first-order valence-corrected chi connectivity index (χ1v) is 10.6. The maximum atomic E-state index is 12.8. The van der Waals surface area contributed by atoms with Gasteiger partial charge < -0.3 is 15.4 Å². The molecule has 0 spiro atoms. The number of benzene rings is 2. The quantitative estimate of drug-likeness (QED) is 0.773. The number of aryl methyl sites for hydroxylation is 2. The van der Waals surface area contributed by atoms with Gasteiger partial charge in [0.2, 0.25) is 15.9 Å². The molecule has 0 unspecified atom stereocenters. The van der Waals surface area contributed by atoms with Crippen LogP contribution in [-0.2, 0) is 19.6 Å². The zero-order valence-corrected chi connectivity index (χ0v) is 16.9. The van der Waals surface area contributed by atoms with E-state index < -0.39 is 10.0 Å². The minimum Gasteiger partial charge on any atom is -0.379 e. The Hall–Kier alpha value is -2.42. The number of amides is 1. The minimum atomic E-state index is -3.57. The number of para-hydroxylation sites is 1. The highest BCUT2D eigenvalue weighted by Gasteiger charge is 2.26. The number of morpholine rings is 1. The van der Waals surface area contributed by atoms with E-state index in [2.05, 4.69) is 10.6 Å². The number of carbonyl (C=O) groups excluding carboxylic acids is 1. The fourth-order valence-electron chi connectivity index (χ4n) is 3.08. The molecule has 0 aliphatic carbocycles. The molecule has 2 aromatic carbocycles. The predicted molar refractivity (Wildman–Crippen MR) is 109 cm³/mol. The Morgan fingerprint density at radius 2 is 1.71 bits per heavy atom. The topological polar surface area (TPSA) is 87.7 Å². The largest absolute Gasteiger partial charge is 0.379 e. The van der Waals surface area contributed by atoms with Gasteiger partial charge in [-0.05, 0) is 43.2 Å². The molecule has 0 atom stereocenters. The Balaban J connectivity index is 1.65. The van der Waals surface area contributed by atoms with Crippen LogP contribution >= 0.6 is 0 Å². The summed E-state index contributed by atoms with van der Waals surface area (Å²) in [5.41, 5.74) is 3.36. The first-order valence-electron chi connectivity index (χ1n) is 9.16. The third kappa shape index (κ3) is 4.70. The Morgan fingerprint density at radius 1 is 1.07 bits per heavy atom. The number of rotatable bonds is 6. The summed E-state index contributed by atoms with van der Waals surface area (Å²) in [5, 5.41) is 5.90. The molecule has 2 aromatic rings. The summed E-state index contributed by atoms with van der Waals surface area (Å²) in [6.07, 6.45) is 0. The van der Waals surface area contributed by atoms with Crippen LogP contribution < -0.4 is 10.6 Å². The monoisotopic (exact) mass is 403 g/mol. The van der Waals surface area contributed by atoms with Gasteiger partial charge in [-0.3, -0.25) is 4.79 Å². The number of sulfonamides is 1.